The van der Waals surface area contributed by atoms with Crippen molar-refractivity contribution in [3.8, 4) is 11.7 Å². The van der Waals surface area contributed by atoms with E-state index in [1.807, 2.05) is 71.0 Å². The van der Waals surface area contributed by atoms with Crippen LogP contribution in [0.15, 0.2) is 41.2 Å². The summed E-state index contributed by atoms with van der Waals surface area (Å²) >= 11 is 6.67. The predicted octanol–water partition coefficient (Wildman–Crippen LogP) is 5.60. The number of fused-ring (bicyclic) bond motifs is 2. The van der Waals surface area contributed by atoms with Crippen LogP contribution in [0.4, 0.5) is 10.6 Å². The Labute approximate surface area is 274 Å². The molecule has 1 amide bonds. The number of halogens is 1. The van der Waals surface area contributed by atoms with Crippen molar-refractivity contribution in [2.24, 2.45) is 0 Å². The number of benzene rings is 2. The third-order valence-corrected chi connectivity index (χ3v) is 9.13. The summed E-state index contributed by atoms with van der Waals surface area (Å²) in [6.45, 7) is 13.7. The van der Waals surface area contributed by atoms with Crippen molar-refractivity contribution in [1.82, 2.24) is 29.3 Å². The fraction of sp³-hybridized carbons (Fsp3) is 0.500. The summed E-state index contributed by atoms with van der Waals surface area (Å²) in [4.78, 5) is 48.1. The van der Waals surface area contributed by atoms with Crippen LogP contribution >= 0.6 is 11.6 Å². The van der Waals surface area contributed by atoms with Crippen LogP contribution in [0.2, 0.25) is 5.02 Å². The van der Waals surface area contributed by atoms with E-state index >= 15 is 0 Å². The van der Waals surface area contributed by atoms with Crippen molar-refractivity contribution in [3.05, 3.63) is 57.6 Å². The number of carbonyl (C=O) groups excluding carboxylic acids is 1. The van der Waals surface area contributed by atoms with Gasteiger partial charge in [-0.15, -0.1) is 0 Å². The van der Waals surface area contributed by atoms with Gasteiger partial charge in [0, 0.05) is 36.6 Å². The highest BCUT2D eigenvalue weighted by Gasteiger charge is 2.37. The molecule has 0 aliphatic carbocycles. The van der Waals surface area contributed by atoms with E-state index in [1.165, 1.54) is 0 Å². The zero-order chi connectivity index (χ0) is 32.9. The topological polar surface area (TPSA) is 106 Å². The first-order valence-electron chi connectivity index (χ1n) is 15.9. The Bertz CT molecular complexity index is 1840. The molecule has 0 saturated carbocycles. The fourth-order valence-corrected chi connectivity index (χ4v) is 6.99. The number of hydrogen-bond acceptors (Lipinski definition) is 9. The van der Waals surface area contributed by atoms with Crippen LogP contribution in [-0.2, 0) is 4.74 Å². The van der Waals surface area contributed by atoms with Crippen LogP contribution < -0.4 is 15.2 Å². The fourth-order valence-electron chi connectivity index (χ4n) is 6.71. The van der Waals surface area contributed by atoms with Crippen LogP contribution in [0.1, 0.15) is 53.3 Å². The van der Waals surface area contributed by atoms with Crippen LogP contribution in [-0.4, -0.2) is 92.4 Å². The SMILES string of the molecule is Cc1nc2c(N3[C@@H](C)CN(C(=O)OC(C)(C)C)C[C@@H]3C)nc(OCC3CCCN3C)nc2c(=O)n1-c1cccc2cccc(Cl)c12. The summed E-state index contributed by atoms with van der Waals surface area (Å²) in [6, 6.07) is 11.4. The summed E-state index contributed by atoms with van der Waals surface area (Å²) in [7, 11) is 2.09. The molecule has 11 nitrogen and oxygen atoms in total. The van der Waals surface area contributed by atoms with Crippen LogP contribution in [0, 0.1) is 6.92 Å². The van der Waals surface area contributed by atoms with E-state index in [0.717, 1.165) is 30.2 Å². The molecular formula is C34H42ClN7O4. The van der Waals surface area contributed by atoms with Gasteiger partial charge in [-0.25, -0.2) is 9.78 Å². The molecular weight excluding hydrogens is 606 g/mol. The lowest BCUT2D eigenvalue weighted by Gasteiger charge is -2.45. The second-order valence-electron chi connectivity index (χ2n) is 13.5. The Kier molecular flexibility index (Phi) is 8.58. The normalized spacial score (nSPS) is 20.9. The molecule has 0 bridgehead atoms. The van der Waals surface area contributed by atoms with Crippen molar-refractivity contribution in [2.45, 2.75) is 78.1 Å². The molecule has 4 heterocycles. The van der Waals surface area contributed by atoms with E-state index in [4.69, 9.17) is 31.0 Å². The van der Waals surface area contributed by atoms with Crippen LogP contribution in [0.25, 0.3) is 27.5 Å². The number of anilines is 1. The molecule has 1 unspecified atom stereocenters. The van der Waals surface area contributed by atoms with E-state index in [-0.39, 0.29) is 41.3 Å². The summed E-state index contributed by atoms with van der Waals surface area (Å²) in [5.74, 6) is 0.982. The lowest BCUT2D eigenvalue weighted by atomic mass is 10.1. The maximum Gasteiger partial charge on any atom is 0.410 e. The highest BCUT2D eigenvalue weighted by molar-refractivity contribution is 6.36. The number of likely N-dealkylation sites (tertiary alicyclic amines) is 1. The average Bonchev–Trinajstić information content (AvgIpc) is 3.39. The van der Waals surface area contributed by atoms with Crippen molar-refractivity contribution in [3.63, 3.8) is 0 Å². The molecule has 4 aromatic rings. The first-order chi connectivity index (χ1) is 21.8. The van der Waals surface area contributed by atoms with Gasteiger partial charge in [0.05, 0.1) is 10.7 Å². The van der Waals surface area contributed by atoms with Gasteiger partial charge in [-0.3, -0.25) is 9.36 Å². The van der Waals surface area contributed by atoms with Crippen molar-refractivity contribution >= 4 is 45.3 Å². The van der Waals surface area contributed by atoms with Gasteiger partial charge in [0.2, 0.25) is 0 Å². The minimum absolute atomic E-state index is 0.127. The number of aromatic nitrogens is 4. The van der Waals surface area contributed by atoms with Gasteiger partial charge in [0.25, 0.3) is 5.56 Å². The lowest BCUT2D eigenvalue weighted by Crippen LogP contribution is -2.59. The number of piperazine rings is 1. The molecule has 244 valence electrons. The molecule has 2 aliphatic rings. The number of rotatable bonds is 5. The maximum atomic E-state index is 14.5. The molecule has 2 aromatic heterocycles. The molecule has 2 aliphatic heterocycles. The number of hydrogen-bond donors (Lipinski definition) is 0. The second kappa shape index (κ2) is 12.3. The van der Waals surface area contributed by atoms with Gasteiger partial charge >= 0.3 is 12.1 Å². The van der Waals surface area contributed by atoms with E-state index in [1.54, 1.807) is 16.4 Å². The number of nitrogens with zero attached hydrogens (tertiary/aromatic N) is 7. The van der Waals surface area contributed by atoms with Crippen molar-refractivity contribution in [2.75, 3.05) is 38.2 Å². The van der Waals surface area contributed by atoms with E-state index in [2.05, 4.69) is 21.8 Å². The number of carbonyl (C=O) groups is 1. The van der Waals surface area contributed by atoms with Gasteiger partial charge in [-0.05, 0) is 85.5 Å². The third-order valence-electron chi connectivity index (χ3n) is 8.81. The highest BCUT2D eigenvalue weighted by atomic mass is 35.5. The molecule has 3 atom stereocenters. The number of amides is 1. The molecule has 0 N–H and O–H groups in total. The Morgan fingerprint density at radius 1 is 1.02 bits per heavy atom. The third kappa shape index (κ3) is 6.10. The van der Waals surface area contributed by atoms with Crippen molar-refractivity contribution in [1.29, 1.82) is 0 Å². The summed E-state index contributed by atoms with van der Waals surface area (Å²) in [6.07, 6.45) is 1.77. The van der Waals surface area contributed by atoms with Gasteiger partial charge in [0.15, 0.2) is 11.3 Å². The quantitative estimate of drug-likeness (QED) is 0.274. The van der Waals surface area contributed by atoms with Gasteiger partial charge in [-0.1, -0.05) is 35.9 Å². The predicted molar refractivity (Wildman–Crippen MR) is 181 cm³/mol. The van der Waals surface area contributed by atoms with Gasteiger partial charge in [-0.2, -0.15) is 9.97 Å². The summed E-state index contributed by atoms with van der Waals surface area (Å²) in [5, 5.41) is 2.21. The van der Waals surface area contributed by atoms with Gasteiger partial charge < -0.3 is 24.2 Å². The zero-order valence-corrected chi connectivity index (χ0v) is 28.3. The molecule has 6 rings (SSSR count). The van der Waals surface area contributed by atoms with E-state index < -0.39 is 5.60 Å². The average molecular weight is 648 g/mol. The Morgan fingerprint density at radius 3 is 2.37 bits per heavy atom. The lowest BCUT2D eigenvalue weighted by molar-refractivity contribution is 0.0192. The minimum Gasteiger partial charge on any atom is -0.462 e. The Balaban J connectivity index is 1.47. The molecule has 46 heavy (non-hydrogen) atoms. The molecule has 2 saturated heterocycles. The van der Waals surface area contributed by atoms with E-state index in [0.29, 0.717) is 47.6 Å². The number of likely N-dealkylation sites (N-methyl/N-ethyl adjacent to an activating group) is 1. The van der Waals surface area contributed by atoms with E-state index in [9.17, 15) is 9.59 Å². The molecule has 2 fully saturated rings. The molecule has 2 aromatic carbocycles. The first kappa shape index (κ1) is 32.0. The highest BCUT2D eigenvalue weighted by Crippen LogP contribution is 2.33. The monoisotopic (exact) mass is 647 g/mol. The van der Waals surface area contributed by atoms with Gasteiger partial charge in [0.1, 0.15) is 23.5 Å². The molecule has 12 heteroatoms. The molecule has 0 radical (unpaired) electrons. The van der Waals surface area contributed by atoms with Crippen LogP contribution in [0.5, 0.6) is 6.01 Å². The maximum absolute atomic E-state index is 14.5. The smallest absolute Gasteiger partial charge is 0.410 e. The Hall–Kier alpha value is -3.96. The standard InChI is InChI=1S/C34H42ClN7O4/c1-20-17-40(33(44)46-34(4,5)6)18-21(2)41(20)30-28-29(37-32(38-30)45-19-24-13-10-16-39(24)7)31(43)42(22(3)36-28)26-15-9-12-23-11-8-14-25(35)27(23)26/h8-9,11-12,14-15,20-21,24H,10,13,16-19H2,1-7H3/t20-,21-,24?/m0/s1. The number of aryl methyl sites for hydroxylation is 1. The zero-order valence-electron chi connectivity index (χ0n) is 27.6. The Morgan fingerprint density at radius 2 is 1.72 bits per heavy atom. The first-order valence-corrected chi connectivity index (χ1v) is 16.3. The second-order valence-corrected chi connectivity index (χ2v) is 13.9. The summed E-state index contributed by atoms with van der Waals surface area (Å²) in [5.41, 5.74) is 0.235. The summed E-state index contributed by atoms with van der Waals surface area (Å²) < 4.78 is 13.5. The largest absolute Gasteiger partial charge is 0.462 e. The van der Waals surface area contributed by atoms with Crippen LogP contribution in [0.3, 0.4) is 0 Å². The minimum atomic E-state index is -0.598. The molecule has 0 spiro atoms. The van der Waals surface area contributed by atoms with Crippen molar-refractivity contribution < 1.29 is 14.3 Å². The number of ether oxygens (including phenoxy) is 2.